The van der Waals surface area contributed by atoms with E-state index < -0.39 is 27.9 Å². The molecule has 0 aliphatic heterocycles. The molecule has 9 heteroatoms. The number of hydrogen-bond donors (Lipinski definition) is 1. The van der Waals surface area contributed by atoms with Crippen molar-refractivity contribution in [3.8, 4) is 0 Å². The molecule has 162 valence electrons. The van der Waals surface area contributed by atoms with Crippen LogP contribution < -0.4 is 5.32 Å². The van der Waals surface area contributed by atoms with Gasteiger partial charge in [-0.2, -0.15) is 13.2 Å². The van der Waals surface area contributed by atoms with Crippen LogP contribution in [-0.2, 0) is 11.0 Å². The van der Waals surface area contributed by atoms with Gasteiger partial charge in [-0.15, -0.1) is 0 Å². The monoisotopic (exact) mass is 473 g/mol. The summed E-state index contributed by atoms with van der Waals surface area (Å²) in [7, 11) is 0. The molecule has 0 saturated heterocycles. The van der Waals surface area contributed by atoms with Crippen LogP contribution in [0.4, 0.5) is 18.9 Å². The second kappa shape index (κ2) is 9.18. The summed E-state index contributed by atoms with van der Waals surface area (Å²) in [5, 5.41) is 2.76. The molecule has 4 aromatic rings. The molecular weight excluding hydrogens is 459 g/mol. The molecule has 1 heterocycles. The number of halogens is 4. The highest BCUT2D eigenvalue weighted by atomic mass is 35.5. The summed E-state index contributed by atoms with van der Waals surface area (Å²) in [6.45, 7) is 0. The molecule has 4 nitrogen and oxygen atoms in total. The maximum atomic E-state index is 13.2. The lowest BCUT2D eigenvalue weighted by atomic mass is 10.1. The molecule has 0 fully saturated rings. The van der Waals surface area contributed by atoms with Crippen LogP contribution in [-0.4, -0.2) is 15.9 Å². The predicted molar refractivity (Wildman–Crippen MR) is 120 cm³/mol. The summed E-state index contributed by atoms with van der Waals surface area (Å²) in [4.78, 5) is 21.8. The Morgan fingerprint density at radius 1 is 0.969 bits per heavy atom. The third-order valence-corrected chi connectivity index (χ3v) is 6.22. The first-order valence-electron chi connectivity index (χ1n) is 9.42. The number of anilines is 1. The molecule has 0 saturated carbocycles. The number of benzene rings is 3. The van der Waals surface area contributed by atoms with Crippen molar-refractivity contribution < 1.29 is 18.0 Å². The summed E-state index contributed by atoms with van der Waals surface area (Å²) >= 11 is 6.89. The molecule has 4 rings (SSSR count). The molecule has 0 unspecified atom stereocenters. The number of nitrogens with one attached hydrogen (secondary N) is 1. The van der Waals surface area contributed by atoms with Crippen molar-refractivity contribution in [3.05, 3.63) is 95.3 Å². The zero-order valence-corrected chi connectivity index (χ0v) is 17.9. The Morgan fingerprint density at radius 3 is 2.44 bits per heavy atom. The number of aromatic nitrogens is 2. The van der Waals surface area contributed by atoms with Crippen molar-refractivity contribution in [2.75, 3.05) is 5.32 Å². The fourth-order valence-corrected chi connectivity index (χ4v) is 4.43. The minimum absolute atomic E-state index is 0.000742. The largest absolute Gasteiger partial charge is 0.417 e. The van der Waals surface area contributed by atoms with Crippen molar-refractivity contribution in [1.29, 1.82) is 0 Å². The molecule has 1 atom stereocenters. The van der Waals surface area contributed by atoms with Crippen LogP contribution in [0, 0.1) is 0 Å². The van der Waals surface area contributed by atoms with E-state index >= 15 is 0 Å². The zero-order valence-electron chi connectivity index (χ0n) is 16.3. The number of carbonyl (C=O) groups is 1. The summed E-state index contributed by atoms with van der Waals surface area (Å²) in [6, 6.07) is 19.6. The predicted octanol–water partition coefficient (Wildman–Crippen LogP) is 6.77. The van der Waals surface area contributed by atoms with Crippen LogP contribution in [0.3, 0.4) is 0 Å². The van der Waals surface area contributed by atoms with E-state index in [0.29, 0.717) is 10.6 Å². The molecule has 1 N–H and O–H groups in total. The van der Waals surface area contributed by atoms with Gasteiger partial charge in [0.2, 0.25) is 5.91 Å². The maximum Gasteiger partial charge on any atom is 0.417 e. The Labute approximate surface area is 190 Å². The van der Waals surface area contributed by atoms with E-state index in [-0.39, 0.29) is 5.69 Å². The Bertz CT molecular complexity index is 1260. The number of carbonyl (C=O) groups excluding carboxylic acids is 1. The number of rotatable bonds is 5. The quantitative estimate of drug-likeness (QED) is 0.256. The first kappa shape index (κ1) is 22.1. The van der Waals surface area contributed by atoms with Crippen molar-refractivity contribution >= 4 is 45.9 Å². The lowest BCUT2D eigenvalue weighted by Gasteiger charge is -2.18. The third kappa shape index (κ3) is 4.87. The molecule has 0 aliphatic rings. The first-order valence-corrected chi connectivity index (χ1v) is 10.7. The van der Waals surface area contributed by atoms with Crippen LogP contribution >= 0.6 is 23.4 Å². The number of fused-ring (bicyclic) bond motifs is 1. The number of alkyl halides is 3. The molecule has 1 amide bonds. The number of nitrogens with zero attached hydrogens (tertiary/aromatic N) is 2. The van der Waals surface area contributed by atoms with Gasteiger partial charge >= 0.3 is 6.18 Å². The van der Waals surface area contributed by atoms with Crippen LogP contribution in [0.25, 0.3) is 10.9 Å². The average molecular weight is 474 g/mol. The molecule has 0 spiro atoms. The normalized spacial score (nSPS) is 12.5. The summed E-state index contributed by atoms with van der Waals surface area (Å²) < 4.78 is 39.6. The second-order valence-corrected chi connectivity index (χ2v) is 8.29. The Kier molecular flexibility index (Phi) is 6.34. The molecule has 0 bridgehead atoms. The van der Waals surface area contributed by atoms with Gasteiger partial charge in [0.25, 0.3) is 0 Å². The Hall–Kier alpha value is -3.10. The van der Waals surface area contributed by atoms with Crippen molar-refractivity contribution in [2.45, 2.75) is 16.5 Å². The van der Waals surface area contributed by atoms with E-state index in [1.165, 1.54) is 24.2 Å². The Balaban J connectivity index is 1.68. The molecular formula is C23H15ClF3N3OS. The topological polar surface area (TPSA) is 54.9 Å². The van der Waals surface area contributed by atoms with Crippen LogP contribution in [0.2, 0.25) is 5.02 Å². The van der Waals surface area contributed by atoms with Crippen LogP contribution in [0.15, 0.2) is 84.1 Å². The van der Waals surface area contributed by atoms with Crippen molar-refractivity contribution in [3.63, 3.8) is 0 Å². The van der Waals surface area contributed by atoms with E-state index in [1.807, 2.05) is 30.3 Å². The smallest absolute Gasteiger partial charge is 0.325 e. The lowest BCUT2D eigenvalue weighted by molar-refractivity contribution is -0.137. The zero-order chi connectivity index (χ0) is 22.7. The number of thioether (sulfide) groups is 1. The van der Waals surface area contributed by atoms with E-state index in [2.05, 4.69) is 15.3 Å². The van der Waals surface area contributed by atoms with Gasteiger partial charge in [-0.05, 0) is 29.8 Å². The second-order valence-electron chi connectivity index (χ2n) is 6.79. The maximum absolute atomic E-state index is 13.2. The number of para-hydroxylation sites is 1. The standard InChI is InChI=1S/C23H15ClF3N3OS/c24-18-11-10-15(12-17(18)23(25,26)27)30-21(31)20(14-6-2-1-3-7-14)32-22-16-8-4-5-9-19(16)28-13-29-22/h1-13,20H,(H,30,31)/t20-/m1/s1. The minimum Gasteiger partial charge on any atom is -0.325 e. The van der Waals surface area contributed by atoms with Gasteiger partial charge in [-0.1, -0.05) is 71.9 Å². The van der Waals surface area contributed by atoms with E-state index in [1.54, 1.807) is 24.3 Å². The first-order chi connectivity index (χ1) is 15.3. The van der Waals surface area contributed by atoms with E-state index in [4.69, 9.17) is 11.6 Å². The highest BCUT2D eigenvalue weighted by Crippen LogP contribution is 2.39. The highest BCUT2D eigenvalue weighted by molar-refractivity contribution is 8.00. The highest BCUT2D eigenvalue weighted by Gasteiger charge is 2.34. The SMILES string of the molecule is O=C(Nc1ccc(Cl)c(C(F)(F)F)c1)[C@H](Sc1ncnc2ccccc12)c1ccccc1. The molecule has 1 aromatic heterocycles. The molecule has 32 heavy (non-hydrogen) atoms. The van der Waals surface area contributed by atoms with E-state index in [9.17, 15) is 18.0 Å². The third-order valence-electron chi connectivity index (χ3n) is 4.62. The van der Waals surface area contributed by atoms with Crippen molar-refractivity contribution in [1.82, 2.24) is 9.97 Å². The van der Waals surface area contributed by atoms with Crippen LogP contribution in [0.5, 0.6) is 0 Å². The van der Waals surface area contributed by atoms with Gasteiger partial charge in [-0.3, -0.25) is 4.79 Å². The lowest BCUT2D eigenvalue weighted by Crippen LogP contribution is -2.19. The van der Waals surface area contributed by atoms with Gasteiger partial charge in [0, 0.05) is 11.1 Å². The minimum atomic E-state index is -4.63. The average Bonchev–Trinajstić information content (AvgIpc) is 2.78. The van der Waals surface area contributed by atoms with Gasteiger partial charge in [0.1, 0.15) is 16.6 Å². The molecule has 0 radical (unpaired) electrons. The number of amides is 1. The fraction of sp³-hybridized carbons (Fsp3) is 0.0870. The van der Waals surface area contributed by atoms with Gasteiger partial charge in [0.05, 0.1) is 16.1 Å². The van der Waals surface area contributed by atoms with Crippen molar-refractivity contribution in [2.24, 2.45) is 0 Å². The fourth-order valence-electron chi connectivity index (χ4n) is 3.11. The van der Waals surface area contributed by atoms with Crippen LogP contribution in [0.1, 0.15) is 16.4 Å². The summed E-state index contributed by atoms with van der Waals surface area (Å²) in [6.07, 6.45) is -3.22. The molecule has 3 aromatic carbocycles. The van der Waals surface area contributed by atoms with Gasteiger partial charge < -0.3 is 5.32 Å². The van der Waals surface area contributed by atoms with Gasteiger partial charge in [0.15, 0.2) is 0 Å². The van der Waals surface area contributed by atoms with Gasteiger partial charge in [-0.25, -0.2) is 9.97 Å². The Morgan fingerprint density at radius 2 is 1.69 bits per heavy atom. The molecule has 0 aliphatic carbocycles. The van der Waals surface area contributed by atoms with E-state index in [0.717, 1.165) is 23.0 Å². The summed E-state index contributed by atoms with van der Waals surface area (Å²) in [5.74, 6) is -0.487. The number of hydrogen-bond acceptors (Lipinski definition) is 4. The summed E-state index contributed by atoms with van der Waals surface area (Å²) in [5.41, 5.74) is 0.399.